The number of hydrogen-bond acceptors (Lipinski definition) is 6. The number of hydrogen-bond donors (Lipinski definition) is 2. The zero-order valence-corrected chi connectivity index (χ0v) is 8.88. The number of aromatic nitrogens is 6. The summed E-state index contributed by atoms with van der Waals surface area (Å²) < 4.78 is 0. The second kappa shape index (κ2) is 3.09. The van der Waals surface area contributed by atoms with Crippen LogP contribution in [0.2, 0.25) is 0 Å². The van der Waals surface area contributed by atoms with E-state index in [1.54, 1.807) is 0 Å². The van der Waals surface area contributed by atoms with Crippen molar-refractivity contribution in [1.29, 1.82) is 0 Å². The molecule has 2 N–H and O–H groups in total. The molecule has 0 aromatic carbocycles. The summed E-state index contributed by atoms with van der Waals surface area (Å²) in [6.07, 6.45) is 3.92. The second-order valence-electron chi connectivity index (χ2n) is 4.17. The van der Waals surface area contributed by atoms with Crippen LogP contribution in [-0.2, 0) is 0 Å². The van der Waals surface area contributed by atoms with Crippen LogP contribution in [0.25, 0.3) is 22.2 Å². The van der Waals surface area contributed by atoms with Crippen LogP contribution in [-0.4, -0.2) is 36.4 Å². The third kappa shape index (κ3) is 1.39. The van der Waals surface area contributed by atoms with Crippen molar-refractivity contribution in [2.45, 2.75) is 18.9 Å². The van der Waals surface area contributed by atoms with E-state index in [-0.39, 0.29) is 0 Å². The van der Waals surface area contributed by atoms with Crippen molar-refractivity contribution in [2.24, 2.45) is 0 Å². The van der Waals surface area contributed by atoms with Gasteiger partial charge in [-0.1, -0.05) is 0 Å². The van der Waals surface area contributed by atoms with Crippen LogP contribution in [0.5, 0.6) is 0 Å². The van der Waals surface area contributed by atoms with E-state index in [1.165, 1.54) is 19.2 Å². The number of anilines is 1. The van der Waals surface area contributed by atoms with Crippen molar-refractivity contribution >= 4 is 28.0 Å². The first-order valence-corrected chi connectivity index (χ1v) is 5.49. The van der Waals surface area contributed by atoms with Crippen LogP contribution in [0.4, 0.5) is 5.82 Å². The Labute approximate surface area is 95.7 Å². The average Bonchev–Trinajstić information content (AvgIpc) is 3.04. The normalized spacial score (nSPS) is 15.5. The molecule has 0 bridgehead atoms. The maximum atomic E-state index is 4.33. The Hall–Kier alpha value is -2.31. The molecule has 0 radical (unpaired) electrons. The van der Waals surface area contributed by atoms with Crippen molar-refractivity contribution in [3.05, 3.63) is 12.4 Å². The molecule has 0 saturated heterocycles. The molecule has 84 valence electrons. The van der Waals surface area contributed by atoms with E-state index in [1.807, 2.05) is 6.07 Å². The molecule has 3 aromatic rings. The van der Waals surface area contributed by atoms with Gasteiger partial charge >= 0.3 is 0 Å². The molecule has 0 aliphatic heterocycles. The number of H-pyrrole nitrogens is 1. The van der Waals surface area contributed by atoms with Gasteiger partial charge in [0.25, 0.3) is 0 Å². The summed E-state index contributed by atoms with van der Waals surface area (Å²) >= 11 is 0. The molecule has 17 heavy (non-hydrogen) atoms. The van der Waals surface area contributed by atoms with Gasteiger partial charge in [0.2, 0.25) is 5.65 Å². The summed E-state index contributed by atoms with van der Waals surface area (Å²) in [4.78, 5) is 12.7. The third-order valence-electron chi connectivity index (χ3n) is 2.83. The van der Waals surface area contributed by atoms with Crippen LogP contribution >= 0.6 is 0 Å². The van der Waals surface area contributed by atoms with Crippen molar-refractivity contribution in [1.82, 2.24) is 30.4 Å². The molecular formula is C10H9N7. The minimum atomic E-state index is 0.543. The summed E-state index contributed by atoms with van der Waals surface area (Å²) in [6.45, 7) is 0. The summed E-state index contributed by atoms with van der Waals surface area (Å²) in [6, 6.07) is 2.45. The van der Waals surface area contributed by atoms with E-state index in [9.17, 15) is 0 Å². The zero-order chi connectivity index (χ0) is 11.2. The SMILES string of the molecule is c1nc(NC2CC2)c2cc3n[nH]nc3nc2n1. The molecule has 7 heteroatoms. The lowest BCUT2D eigenvalue weighted by Gasteiger charge is -2.05. The lowest BCUT2D eigenvalue weighted by Crippen LogP contribution is -2.04. The third-order valence-corrected chi connectivity index (χ3v) is 2.83. The number of nitrogens with one attached hydrogen (secondary N) is 2. The van der Waals surface area contributed by atoms with Crippen LogP contribution in [0.15, 0.2) is 12.4 Å². The number of rotatable bonds is 2. The molecule has 0 unspecified atom stereocenters. The average molecular weight is 227 g/mol. The molecular weight excluding hydrogens is 218 g/mol. The van der Waals surface area contributed by atoms with Gasteiger partial charge in [-0.2, -0.15) is 10.3 Å². The van der Waals surface area contributed by atoms with Crippen molar-refractivity contribution < 1.29 is 0 Å². The first-order valence-electron chi connectivity index (χ1n) is 5.49. The monoisotopic (exact) mass is 227 g/mol. The Balaban J connectivity index is 1.98. The molecule has 1 aliphatic rings. The predicted molar refractivity (Wildman–Crippen MR) is 61.4 cm³/mol. The Kier molecular flexibility index (Phi) is 1.60. The van der Waals surface area contributed by atoms with Crippen molar-refractivity contribution in [3.8, 4) is 0 Å². The van der Waals surface area contributed by atoms with E-state index in [4.69, 9.17) is 0 Å². The largest absolute Gasteiger partial charge is 0.367 e. The minimum absolute atomic E-state index is 0.543. The molecule has 3 heterocycles. The van der Waals surface area contributed by atoms with Gasteiger partial charge in [-0.3, -0.25) is 0 Å². The fourth-order valence-corrected chi connectivity index (χ4v) is 1.79. The van der Waals surface area contributed by atoms with Crippen molar-refractivity contribution in [2.75, 3.05) is 5.32 Å². The van der Waals surface area contributed by atoms with Gasteiger partial charge in [0.05, 0.1) is 5.39 Å². The summed E-state index contributed by atoms with van der Waals surface area (Å²) in [7, 11) is 0. The molecule has 3 aromatic heterocycles. The molecule has 1 saturated carbocycles. The van der Waals surface area contributed by atoms with Gasteiger partial charge in [-0.25, -0.2) is 15.0 Å². The highest BCUT2D eigenvalue weighted by Crippen LogP contribution is 2.27. The Morgan fingerprint density at radius 3 is 3.00 bits per heavy atom. The summed E-state index contributed by atoms with van der Waals surface area (Å²) in [5.74, 6) is 0.829. The van der Waals surface area contributed by atoms with Gasteiger partial charge in [0.15, 0.2) is 5.65 Å². The molecule has 0 atom stereocenters. The van der Waals surface area contributed by atoms with Gasteiger partial charge in [-0.15, -0.1) is 5.10 Å². The Morgan fingerprint density at radius 1 is 1.18 bits per heavy atom. The predicted octanol–water partition coefficient (Wildman–Crippen LogP) is 0.870. The quantitative estimate of drug-likeness (QED) is 0.674. The number of nitrogens with zero attached hydrogens (tertiary/aromatic N) is 5. The smallest absolute Gasteiger partial charge is 0.203 e. The lowest BCUT2D eigenvalue weighted by molar-refractivity contribution is 0.955. The number of fused-ring (bicyclic) bond motifs is 2. The second-order valence-corrected chi connectivity index (χ2v) is 4.17. The topological polar surface area (TPSA) is 92.3 Å². The molecule has 1 fully saturated rings. The molecule has 0 spiro atoms. The van der Waals surface area contributed by atoms with E-state index in [2.05, 4.69) is 35.7 Å². The van der Waals surface area contributed by atoms with Gasteiger partial charge in [0.1, 0.15) is 17.7 Å². The lowest BCUT2D eigenvalue weighted by atomic mass is 10.3. The van der Waals surface area contributed by atoms with E-state index in [0.29, 0.717) is 17.3 Å². The summed E-state index contributed by atoms with van der Waals surface area (Å²) in [5, 5.41) is 14.8. The first-order chi connectivity index (χ1) is 8.40. The van der Waals surface area contributed by atoms with E-state index < -0.39 is 0 Å². The first kappa shape index (κ1) is 8.80. The zero-order valence-electron chi connectivity index (χ0n) is 8.88. The minimum Gasteiger partial charge on any atom is -0.367 e. The summed E-state index contributed by atoms with van der Waals surface area (Å²) in [5.41, 5.74) is 1.95. The maximum Gasteiger partial charge on any atom is 0.203 e. The standard InChI is InChI=1S/C10H9N7/c1-2-5(1)13-8-6-3-7-10(16-17-15-7)14-9(6)12-4-11-8/h3-5H,1-2H2,(H2,11,12,13,14,15,16,17). The van der Waals surface area contributed by atoms with Gasteiger partial charge < -0.3 is 5.32 Å². The van der Waals surface area contributed by atoms with E-state index >= 15 is 0 Å². The van der Waals surface area contributed by atoms with Crippen LogP contribution < -0.4 is 5.32 Å². The van der Waals surface area contributed by atoms with Crippen LogP contribution in [0, 0.1) is 0 Å². The van der Waals surface area contributed by atoms with Crippen LogP contribution in [0.1, 0.15) is 12.8 Å². The Bertz CT molecular complexity index is 700. The fourth-order valence-electron chi connectivity index (χ4n) is 1.79. The fraction of sp³-hybridized carbons (Fsp3) is 0.300. The number of aromatic amines is 1. The van der Waals surface area contributed by atoms with Crippen LogP contribution in [0.3, 0.4) is 0 Å². The molecule has 0 amide bonds. The van der Waals surface area contributed by atoms with E-state index in [0.717, 1.165) is 16.7 Å². The highest BCUT2D eigenvalue weighted by Gasteiger charge is 2.22. The molecule has 7 nitrogen and oxygen atoms in total. The molecule has 4 rings (SSSR count). The maximum absolute atomic E-state index is 4.33. The Morgan fingerprint density at radius 2 is 2.12 bits per heavy atom. The highest BCUT2D eigenvalue weighted by molar-refractivity contribution is 5.93. The number of pyridine rings is 1. The van der Waals surface area contributed by atoms with Gasteiger partial charge in [0, 0.05) is 6.04 Å². The van der Waals surface area contributed by atoms with Crippen molar-refractivity contribution in [3.63, 3.8) is 0 Å². The highest BCUT2D eigenvalue weighted by atomic mass is 15.3. The van der Waals surface area contributed by atoms with Gasteiger partial charge in [-0.05, 0) is 18.9 Å². The molecule has 1 aliphatic carbocycles.